The molecule has 5 heteroatoms. The fourth-order valence-electron chi connectivity index (χ4n) is 1.40. The lowest BCUT2D eigenvalue weighted by atomic mass is 10.2. The summed E-state index contributed by atoms with van der Waals surface area (Å²) in [7, 11) is 1.50. The number of anilines is 1. The first-order valence-electron chi connectivity index (χ1n) is 5.35. The number of carbonyl (C=O) groups is 1. The van der Waals surface area contributed by atoms with Gasteiger partial charge in [0.25, 0.3) is 0 Å². The topological polar surface area (TPSA) is 64.3 Å². The molecular formula is C12H17FN2O2. The minimum absolute atomic E-state index is 0.156. The predicted octanol–water partition coefficient (Wildman–Crippen LogP) is 1.44. The van der Waals surface area contributed by atoms with E-state index in [-0.39, 0.29) is 30.8 Å². The molecule has 1 aromatic rings. The van der Waals surface area contributed by atoms with Crippen molar-refractivity contribution in [3.8, 4) is 0 Å². The maximum atomic E-state index is 13.0. The van der Waals surface area contributed by atoms with Crippen LogP contribution >= 0.6 is 0 Å². The summed E-state index contributed by atoms with van der Waals surface area (Å²) in [6.45, 7) is 2.07. The third kappa shape index (κ3) is 4.13. The zero-order valence-corrected chi connectivity index (χ0v) is 10.00. The average molecular weight is 240 g/mol. The summed E-state index contributed by atoms with van der Waals surface area (Å²) in [5, 5.41) is 2.64. The van der Waals surface area contributed by atoms with Crippen LogP contribution in [0.15, 0.2) is 18.2 Å². The van der Waals surface area contributed by atoms with Gasteiger partial charge in [-0.3, -0.25) is 4.79 Å². The van der Waals surface area contributed by atoms with Gasteiger partial charge in [0, 0.05) is 19.3 Å². The first-order chi connectivity index (χ1) is 8.06. The number of aryl methyl sites for hydroxylation is 1. The molecule has 1 rings (SSSR count). The minimum Gasteiger partial charge on any atom is -0.380 e. The van der Waals surface area contributed by atoms with Gasteiger partial charge in [0.05, 0.1) is 12.5 Å². The number of benzene rings is 1. The number of amides is 1. The van der Waals surface area contributed by atoms with Crippen LogP contribution in [0.25, 0.3) is 0 Å². The summed E-state index contributed by atoms with van der Waals surface area (Å²) in [6.07, 6.45) is -0.160. The Hall–Kier alpha value is -1.46. The Labute approximate surface area is 100.0 Å². The molecule has 0 saturated carbocycles. The number of hydrogen-bond acceptors (Lipinski definition) is 3. The van der Waals surface area contributed by atoms with Crippen LogP contribution in [-0.2, 0) is 9.53 Å². The van der Waals surface area contributed by atoms with Gasteiger partial charge in [0.1, 0.15) is 5.82 Å². The number of halogens is 1. The molecule has 0 aliphatic carbocycles. The number of nitrogens with two attached hydrogens (primary N) is 1. The fraction of sp³-hybridized carbons (Fsp3) is 0.417. The van der Waals surface area contributed by atoms with E-state index in [1.165, 1.54) is 19.2 Å². The highest BCUT2D eigenvalue weighted by Gasteiger charge is 2.12. The molecule has 0 aliphatic heterocycles. The highest BCUT2D eigenvalue weighted by Crippen LogP contribution is 2.16. The van der Waals surface area contributed by atoms with E-state index in [0.29, 0.717) is 5.69 Å². The van der Waals surface area contributed by atoms with E-state index in [0.717, 1.165) is 5.56 Å². The van der Waals surface area contributed by atoms with E-state index in [4.69, 9.17) is 10.5 Å². The standard InChI is InChI=1S/C12H17FN2O2/c1-8-3-4-9(13)5-11(8)15-12(16)6-10(7-14)17-2/h3-5,10H,6-7,14H2,1-2H3,(H,15,16). The Morgan fingerprint density at radius 2 is 2.29 bits per heavy atom. The zero-order chi connectivity index (χ0) is 12.8. The number of methoxy groups -OCH3 is 1. The predicted molar refractivity (Wildman–Crippen MR) is 64.2 cm³/mol. The summed E-state index contributed by atoms with van der Waals surface area (Å²) in [4.78, 5) is 11.6. The van der Waals surface area contributed by atoms with Crippen molar-refractivity contribution in [1.29, 1.82) is 0 Å². The van der Waals surface area contributed by atoms with Gasteiger partial charge in [-0.2, -0.15) is 0 Å². The summed E-state index contributed by atoms with van der Waals surface area (Å²) in [5.74, 6) is -0.621. The van der Waals surface area contributed by atoms with Crippen molar-refractivity contribution < 1.29 is 13.9 Å². The van der Waals surface area contributed by atoms with Gasteiger partial charge in [-0.05, 0) is 24.6 Å². The molecule has 94 valence electrons. The molecule has 17 heavy (non-hydrogen) atoms. The summed E-state index contributed by atoms with van der Waals surface area (Å²) < 4.78 is 18.0. The molecule has 0 saturated heterocycles. The average Bonchev–Trinajstić information content (AvgIpc) is 2.31. The van der Waals surface area contributed by atoms with E-state index in [1.54, 1.807) is 13.0 Å². The van der Waals surface area contributed by atoms with Crippen molar-refractivity contribution in [2.45, 2.75) is 19.4 Å². The van der Waals surface area contributed by atoms with Crippen molar-refractivity contribution in [2.24, 2.45) is 5.73 Å². The van der Waals surface area contributed by atoms with E-state index in [1.807, 2.05) is 0 Å². The normalized spacial score (nSPS) is 12.2. The van der Waals surface area contributed by atoms with Crippen LogP contribution < -0.4 is 11.1 Å². The second kappa shape index (κ2) is 6.32. The van der Waals surface area contributed by atoms with Crippen molar-refractivity contribution in [3.05, 3.63) is 29.6 Å². The van der Waals surface area contributed by atoms with Crippen LogP contribution in [-0.4, -0.2) is 25.7 Å². The molecule has 0 aromatic heterocycles. The van der Waals surface area contributed by atoms with E-state index < -0.39 is 0 Å². The van der Waals surface area contributed by atoms with Gasteiger partial charge in [0.15, 0.2) is 0 Å². The van der Waals surface area contributed by atoms with Crippen LogP contribution in [0.4, 0.5) is 10.1 Å². The third-order valence-corrected chi connectivity index (χ3v) is 2.48. The van der Waals surface area contributed by atoms with Gasteiger partial charge >= 0.3 is 0 Å². The monoisotopic (exact) mass is 240 g/mol. The molecule has 1 amide bonds. The van der Waals surface area contributed by atoms with Crippen LogP contribution in [0, 0.1) is 12.7 Å². The maximum absolute atomic E-state index is 13.0. The molecule has 0 heterocycles. The summed E-state index contributed by atoms with van der Waals surface area (Å²) in [5.41, 5.74) is 6.69. The number of nitrogens with one attached hydrogen (secondary N) is 1. The molecule has 0 bridgehead atoms. The van der Waals surface area contributed by atoms with Gasteiger partial charge in [0.2, 0.25) is 5.91 Å². The summed E-state index contributed by atoms with van der Waals surface area (Å²) in [6, 6.07) is 4.25. The first kappa shape index (κ1) is 13.6. The number of ether oxygens (including phenoxy) is 1. The lowest BCUT2D eigenvalue weighted by Gasteiger charge is -2.13. The second-order valence-electron chi connectivity index (χ2n) is 3.80. The fourth-order valence-corrected chi connectivity index (χ4v) is 1.40. The first-order valence-corrected chi connectivity index (χ1v) is 5.35. The van der Waals surface area contributed by atoms with Crippen LogP contribution in [0.3, 0.4) is 0 Å². The second-order valence-corrected chi connectivity index (χ2v) is 3.80. The number of carbonyl (C=O) groups excluding carboxylic acids is 1. The van der Waals surface area contributed by atoms with Crippen molar-refractivity contribution in [3.63, 3.8) is 0 Å². The zero-order valence-electron chi connectivity index (χ0n) is 10.00. The van der Waals surface area contributed by atoms with E-state index in [9.17, 15) is 9.18 Å². The number of rotatable bonds is 5. The third-order valence-electron chi connectivity index (χ3n) is 2.48. The lowest BCUT2D eigenvalue weighted by Crippen LogP contribution is -2.28. The van der Waals surface area contributed by atoms with Crippen LogP contribution in [0.5, 0.6) is 0 Å². The Morgan fingerprint density at radius 1 is 1.59 bits per heavy atom. The Bertz CT molecular complexity index is 392. The number of hydrogen-bond donors (Lipinski definition) is 2. The largest absolute Gasteiger partial charge is 0.380 e. The SMILES string of the molecule is COC(CN)CC(=O)Nc1cc(F)ccc1C. The van der Waals surface area contributed by atoms with Gasteiger partial charge in [-0.25, -0.2) is 4.39 Å². The molecule has 0 radical (unpaired) electrons. The Morgan fingerprint density at radius 3 is 2.88 bits per heavy atom. The van der Waals surface area contributed by atoms with Crippen molar-refractivity contribution >= 4 is 11.6 Å². The van der Waals surface area contributed by atoms with E-state index in [2.05, 4.69) is 5.32 Å². The minimum atomic E-state index is -0.381. The van der Waals surface area contributed by atoms with Gasteiger partial charge in [-0.15, -0.1) is 0 Å². The highest BCUT2D eigenvalue weighted by atomic mass is 19.1. The molecule has 4 nitrogen and oxygen atoms in total. The molecule has 1 aromatic carbocycles. The molecule has 0 fully saturated rings. The Kier molecular flexibility index (Phi) is 5.06. The lowest BCUT2D eigenvalue weighted by molar-refractivity contribution is -0.118. The molecule has 3 N–H and O–H groups in total. The molecule has 1 atom stereocenters. The van der Waals surface area contributed by atoms with E-state index >= 15 is 0 Å². The quantitative estimate of drug-likeness (QED) is 0.818. The van der Waals surface area contributed by atoms with Gasteiger partial charge in [-0.1, -0.05) is 6.07 Å². The van der Waals surface area contributed by atoms with Gasteiger partial charge < -0.3 is 15.8 Å². The smallest absolute Gasteiger partial charge is 0.227 e. The Balaban J connectivity index is 2.64. The molecular weight excluding hydrogens is 223 g/mol. The highest BCUT2D eigenvalue weighted by molar-refractivity contribution is 5.91. The maximum Gasteiger partial charge on any atom is 0.227 e. The molecule has 0 aliphatic rings. The molecule has 1 unspecified atom stereocenters. The summed E-state index contributed by atoms with van der Waals surface area (Å²) >= 11 is 0. The van der Waals surface area contributed by atoms with Crippen LogP contribution in [0.1, 0.15) is 12.0 Å². The van der Waals surface area contributed by atoms with Crippen molar-refractivity contribution in [2.75, 3.05) is 19.0 Å². The van der Waals surface area contributed by atoms with Crippen LogP contribution in [0.2, 0.25) is 0 Å². The van der Waals surface area contributed by atoms with Crippen molar-refractivity contribution in [1.82, 2.24) is 0 Å². The molecule has 0 spiro atoms.